The smallest absolute Gasteiger partial charge is 0.368 e. The molecule has 0 radical (unpaired) electrons. The average molecular weight is 421 g/mol. The molecule has 0 amide bonds. The second-order valence-electron chi connectivity index (χ2n) is 6.60. The van der Waals surface area contributed by atoms with Gasteiger partial charge in [0.15, 0.2) is 5.82 Å². The Balaban J connectivity index is 1.44. The third-order valence-electron chi connectivity index (χ3n) is 4.60. The molecule has 31 heavy (non-hydrogen) atoms. The molecule has 4 rings (SSSR count). The molecule has 0 spiro atoms. The van der Waals surface area contributed by atoms with Gasteiger partial charge in [-0.05, 0) is 48.1 Å². The molecule has 0 aliphatic rings. The first kappa shape index (κ1) is 19.8. The van der Waals surface area contributed by atoms with Crippen LogP contribution in [0.5, 0.6) is 0 Å². The Kier molecular flexibility index (Phi) is 5.15. The quantitative estimate of drug-likeness (QED) is 0.262. The molecule has 4 aromatic rings. The molecule has 12 heteroatoms. The summed E-state index contributed by atoms with van der Waals surface area (Å²) < 4.78 is 15.7. The zero-order chi connectivity index (χ0) is 22.0. The van der Waals surface area contributed by atoms with Crippen molar-refractivity contribution in [2.75, 3.05) is 17.6 Å². The van der Waals surface area contributed by atoms with Crippen LogP contribution in [0.1, 0.15) is 17.7 Å². The van der Waals surface area contributed by atoms with Crippen LogP contribution in [0, 0.1) is 27.3 Å². The van der Waals surface area contributed by atoms with Crippen molar-refractivity contribution in [1.29, 1.82) is 5.26 Å². The van der Waals surface area contributed by atoms with Gasteiger partial charge in [-0.2, -0.15) is 10.4 Å². The third kappa shape index (κ3) is 3.84. The summed E-state index contributed by atoms with van der Waals surface area (Å²) in [5.74, 6) is 0.0373. The van der Waals surface area contributed by atoms with Gasteiger partial charge < -0.3 is 21.2 Å². The van der Waals surface area contributed by atoms with Crippen LogP contribution in [0.25, 0.3) is 11.3 Å². The fourth-order valence-corrected chi connectivity index (χ4v) is 3.11. The number of nitrogens with one attached hydrogen (secondary N) is 1. The normalized spacial score (nSPS) is 10.8. The second kappa shape index (κ2) is 8.07. The first-order chi connectivity index (χ1) is 15.0. The molecular weight excluding hydrogens is 405 g/mol. The zero-order valence-corrected chi connectivity index (χ0v) is 16.1. The fourth-order valence-electron chi connectivity index (χ4n) is 3.11. The number of benzene rings is 1. The Morgan fingerprint density at radius 3 is 2.71 bits per heavy atom. The lowest BCUT2D eigenvalue weighted by molar-refractivity contribution is -0.391. The highest BCUT2D eigenvalue weighted by Gasteiger charge is 2.17. The monoisotopic (exact) mass is 421 g/mol. The van der Waals surface area contributed by atoms with E-state index in [1.807, 2.05) is 0 Å². The molecule has 0 aliphatic carbocycles. The lowest BCUT2D eigenvalue weighted by atomic mass is 10.1. The number of nitrogens with two attached hydrogens (primary N) is 1. The molecule has 1 aromatic carbocycles. The molecule has 3 N–H and O–H groups in total. The van der Waals surface area contributed by atoms with Crippen molar-refractivity contribution >= 4 is 23.1 Å². The van der Waals surface area contributed by atoms with Gasteiger partial charge in [0.1, 0.15) is 29.5 Å². The molecule has 0 bridgehead atoms. The molecule has 0 atom stereocenters. The maximum atomic E-state index is 13.2. The van der Waals surface area contributed by atoms with Crippen molar-refractivity contribution in [3.8, 4) is 11.8 Å². The largest absolute Gasteiger partial charge is 0.382 e. The summed E-state index contributed by atoms with van der Waals surface area (Å²) in [7, 11) is 0. The number of rotatable bonds is 7. The van der Waals surface area contributed by atoms with Crippen LogP contribution in [0.4, 0.5) is 21.8 Å². The minimum absolute atomic E-state index is 0.191. The molecule has 0 unspecified atom stereocenters. The topological polar surface area (TPSA) is 153 Å². The first-order valence-corrected chi connectivity index (χ1v) is 9.24. The van der Waals surface area contributed by atoms with Gasteiger partial charge in [0.2, 0.25) is 5.65 Å². The maximum absolute atomic E-state index is 13.2. The van der Waals surface area contributed by atoms with E-state index in [1.54, 1.807) is 12.1 Å². The molecule has 156 valence electrons. The Bertz CT molecular complexity index is 1300. The molecule has 0 aliphatic heterocycles. The molecular formula is C19H16FN9O2. The summed E-state index contributed by atoms with van der Waals surface area (Å²) in [6.07, 6.45) is 2.21. The van der Waals surface area contributed by atoms with Gasteiger partial charge in [-0.25, -0.2) is 14.1 Å². The van der Waals surface area contributed by atoms with E-state index >= 15 is 0 Å². The summed E-state index contributed by atoms with van der Waals surface area (Å²) in [5.41, 5.74) is 7.79. The SMILES string of the molecule is N#Cc1c(CCCNc2ccc3ncc([N+](=O)[O-])n3n2)nn(-c2ccc(F)cc2)c1N. The number of imidazole rings is 1. The second-order valence-corrected chi connectivity index (χ2v) is 6.60. The highest BCUT2D eigenvalue weighted by molar-refractivity contribution is 5.56. The molecule has 0 saturated heterocycles. The highest BCUT2D eigenvalue weighted by Crippen LogP contribution is 2.22. The summed E-state index contributed by atoms with van der Waals surface area (Å²) in [6, 6.07) is 11.0. The number of nitrogens with zero attached hydrogens (tertiary/aromatic N) is 7. The number of aromatic nitrogens is 5. The van der Waals surface area contributed by atoms with Crippen LogP contribution in [0.3, 0.4) is 0 Å². The van der Waals surface area contributed by atoms with Gasteiger partial charge in [0.25, 0.3) is 0 Å². The van der Waals surface area contributed by atoms with Gasteiger partial charge >= 0.3 is 5.82 Å². The van der Waals surface area contributed by atoms with E-state index in [0.29, 0.717) is 42.2 Å². The summed E-state index contributed by atoms with van der Waals surface area (Å²) >= 11 is 0. The number of fused-ring (bicyclic) bond motifs is 1. The average Bonchev–Trinajstić information content (AvgIpc) is 3.32. The van der Waals surface area contributed by atoms with Crippen LogP contribution < -0.4 is 11.1 Å². The molecule has 3 heterocycles. The van der Waals surface area contributed by atoms with Crippen LogP contribution in [0.2, 0.25) is 0 Å². The standard InChI is InChI=1S/C19H16FN9O2/c20-12-3-5-13(6-4-12)27-19(22)14(10-21)15(25-27)2-1-9-23-16-7-8-17-24-11-18(29(30)31)28(17)26-16/h3-8,11H,1-2,9,22H2,(H,23,26). The highest BCUT2D eigenvalue weighted by atomic mass is 19.1. The van der Waals surface area contributed by atoms with E-state index < -0.39 is 4.92 Å². The van der Waals surface area contributed by atoms with Crippen molar-refractivity contribution in [3.63, 3.8) is 0 Å². The Hall–Kier alpha value is -4.53. The fraction of sp³-hybridized carbons (Fsp3) is 0.158. The van der Waals surface area contributed by atoms with Crippen molar-refractivity contribution in [2.24, 2.45) is 0 Å². The maximum Gasteiger partial charge on any atom is 0.368 e. The molecule has 11 nitrogen and oxygen atoms in total. The van der Waals surface area contributed by atoms with E-state index in [0.717, 1.165) is 10.7 Å². The Morgan fingerprint density at radius 1 is 1.23 bits per heavy atom. The number of hydrogen-bond donors (Lipinski definition) is 2. The number of hydrogen-bond acceptors (Lipinski definition) is 8. The van der Waals surface area contributed by atoms with Crippen LogP contribution in [0.15, 0.2) is 42.6 Å². The predicted molar refractivity (Wildman–Crippen MR) is 109 cm³/mol. The number of halogens is 1. The number of anilines is 2. The van der Waals surface area contributed by atoms with Crippen molar-refractivity contribution in [1.82, 2.24) is 24.4 Å². The number of nitriles is 1. The number of aryl methyl sites for hydroxylation is 1. The van der Waals surface area contributed by atoms with E-state index in [4.69, 9.17) is 5.73 Å². The Morgan fingerprint density at radius 2 is 2.00 bits per heavy atom. The summed E-state index contributed by atoms with van der Waals surface area (Å²) in [6.45, 7) is 0.481. The van der Waals surface area contributed by atoms with E-state index in [-0.39, 0.29) is 23.0 Å². The minimum atomic E-state index is -0.554. The lowest BCUT2D eigenvalue weighted by Crippen LogP contribution is -2.08. The van der Waals surface area contributed by atoms with Gasteiger partial charge in [0, 0.05) is 12.6 Å². The molecule has 0 saturated carbocycles. The van der Waals surface area contributed by atoms with Gasteiger partial charge in [-0.15, -0.1) is 0 Å². The Labute approximate surface area is 174 Å². The van der Waals surface area contributed by atoms with Gasteiger partial charge in [-0.3, -0.25) is 0 Å². The van der Waals surface area contributed by atoms with Crippen molar-refractivity contribution in [3.05, 3.63) is 69.8 Å². The minimum Gasteiger partial charge on any atom is -0.382 e. The predicted octanol–water partition coefficient (Wildman–Crippen LogP) is 2.46. The molecule has 0 fully saturated rings. The van der Waals surface area contributed by atoms with E-state index in [1.165, 1.54) is 28.9 Å². The first-order valence-electron chi connectivity index (χ1n) is 9.24. The number of nitro groups is 1. The summed E-state index contributed by atoms with van der Waals surface area (Å²) in [5, 5.41) is 32.2. The van der Waals surface area contributed by atoms with E-state index in [2.05, 4.69) is 26.6 Å². The van der Waals surface area contributed by atoms with Crippen LogP contribution in [-0.4, -0.2) is 35.8 Å². The van der Waals surface area contributed by atoms with Crippen LogP contribution in [-0.2, 0) is 6.42 Å². The lowest BCUT2D eigenvalue weighted by Gasteiger charge is -2.04. The summed E-state index contributed by atoms with van der Waals surface area (Å²) in [4.78, 5) is 14.4. The van der Waals surface area contributed by atoms with Crippen molar-refractivity contribution < 1.29 is 9.31 Å². The number of nitrogen functional groups attached to an aromatic ring is 1. The molecule has 3 aromatic heterocycles. The third-order valence-corrected chi connectivity index (χ3v) is 4.60. The zero-order valence-electron chi connectivity index (χ0n) is 16.1. The van der Waals surface area contributed by atoms with Gasteiger partial charge in [0.05, 0.1) is 11.4 Å². The van der Waals surface area contributed by atoms with E-state index in [9.17, 15) is 19.8 Å². The van der Waals surface area contributed by atoms with Gasteiger partial charge in [-0.1, -0.05) is 9.61 Å². The van der Waals surface area contributed by atoms with Crippen molar-refractivity contribution in [2.45, 2.75) is 12.8 Å². The van der Waals surface area contributed by atoms with Crippen LogP contribution >= 0.6 is 0 Å².